The summed E-state index contributed by atoms with van der Waals surface area (Å²) in [5, 5.41) is 0. The third-order valence-electron chi connectivity index (χ3n) is 3.90. The van der Waals surface area contributed by atoms with Gasteiger partial charge < -0.3 is 14.5 Å². The molecule has 1 aliphatic heterocycles. The number of ether oxygens (including phenoxy) is 1. The summed E-state index contributed by atoms with van der Waals surface area (Å²) < 4.78 is 5.72. The highest BCUT2D eigenvalue weighted by Gasteiger charge is 2.10. The highest BCUT2D eigenvalue weighted by Crippen LogP contribution is 2.14. The van der Waals surface area contributed by atoms with Gasteiger partial charge in [0.15, 0.2) is 0 Å². The largest absolute Gasteiger partial charge is 0.489 e. The van der Waals surface area contributed by atoms with E-state index < -0.39 is 0 Å². The number of carbonyl (C=O) groups is 1. The van der Waals surface area contributed by atoms with Crippen LogP contribution in [0.5, 0.6) is 5.75 Å². The summed E-state index contributed by atoms with van der Waals surface area (Å²) in [4.78, 5) is 16.1. The number of nitrogens with one attached hydrogen (secondary N) is 2. The first-order chi connectivity index (χ1) is 12.7. The van der Waals surface area contributed by atoms with Crippen LogP contribution in [0, 0.1) is 0 Å². The molecule has 0 saturated carbocycles. The van der Waals surface area contributed by atoms with Crippen LogP contribution in [0.25, 0.3) is 0 Å². The molecule has 0 atom stereocenters. The molecule has 0 bridgehead atoms. The first-order valence-electron chi connectivity index (χ1n) is 8.35. The standard InChI is InChI=1S/C20H22N4O2.BrH/c1-2-23-12-13-24(16-23)15-21-22-20(25)18-8-10-19(11-9-18)26-14-17-6-4-3-5-7-17;/h2-13,21H,1,14-16H2,(H,22,25);1H. The Balaban J connectivity index is 0.00000261. The number of halogens is 1. The summed E-state index contributed by atoms with van der Waals surface area (Å²) in [5.41, 5.74) is 7.27. The number of carbonyl (C=O) groups excluding carboxylic acids is 1. The fourth-order valence-electron chi connectivity index (χ4n) is 2.44. The Morgan fingerprint density at radius 2 is 1.85 bits per heavy atom. The van der Waals surface area contributed by atoms with Crippen molar-refractivity contribution in [3.05, 3.63) is 90.9 Å². The molecule has 2 aromatic carbocycles. The SMILES string of the molecule is Br.C=CN1C=CN(CNNC(=O)c2ccc(OCc3ccccc3)cc2)C1. The average Bonchev–Trinajstić information content (AvgIpc) is 3.15. The molecule has 2 aromatic rings. The second kappa shape index (κ2) is 10.4. The van der Waals surface area contributed by atoms with Crippen molar-refractivity contribution in [2.75, 3.05) is 13.3 Å². The number of nitrogens with zero attached hydrogens (tertiary/aromatic N) is 2. The van der Waals surface area contributed by atoms with Crippen molar-refractivity contribution in [3.63, 3.8) is 0 Å². The number of hydrogen-bond donors (Lipinski definition) is 2. The van der Waals surface area contributed by atoms with Gasteiger partial charge in [-0.25, -0.2) is 5.43 Å². The van der Waals surface area contributed by atoms with Gasteiger partial charge in [-0.1, -0.05) is 36.9 Å². The van der Waals surface area contributed by atoms with Gasteiger partial charge in [-0.15, -0.1) is 17.0 Å². The third-order valence-corrected chi connectivity index (χ3v) is 3.90. The van der Waals surface area contributed by atoms with Crippen molar-refractivity contribution >= 4 is 22.9 Å². The zero-order valence-electron chi connectivity index (χ0n) is 14.9. The number of amides is 1. The summed E-state index contributed by atoms with van der Waals surface area (Å²) in [7, 11) is 0. The van der Waals surface area contributed by atoms with Gasteiger partial charge in [0.25, 0.3) is 5.91 Å². The molecule has 0 fully saturated rings. The van der Waals surface area contributed by atoms with Crippen LogP contribution >= 0.6 is 17.0 Å². The van der Waals surface area contributed by atoms with E-state index in [0.29, 0.717) is 25.5 Å². The van der Waals surface area contributed by atoms with E-state index >= 15 is 0 Å². The normalized spacial score (nSPS) is 12.4. The summed E-state index contributed by atoms with van der Waals surface area (Å²) in [5.74, 6) is 0.536. The summed E-state index contributed by atoms with van der Waals surface area (Å²) in [6.07, 6.45) is 5.60. The van der Waals surface area contributed by atoms with Crippen molar-refractivity contribution in [1.82, 2.24) is 20.7 Å². The predicted molar refractivity (Wildman–Crippen MR) is 111 cm³/mol. The molecule has 1 heterocycles. The van der Waals surface area contributed by atoms with E-state index in [2.05, 4.69) is 17.4 Å². The maximum atomic E-state index is 12.2. The van der Waals surface area contributed by atoms with Gasteiger partial charge in [-0.05, 0) is 36.0 Å². The smallest absolute Gasteiger partial charge is 0.265 e. The molecule has 0 aliphatic carbocycles. The van der Waals surface area contributed by atoms with Crippen LogP contribution in [0.1, 0.15) is 15.9 Å². The molecular weight excluding hydrogens is 408 g/mol. The van der Waals surface area contributed by atoms with Crippen LogP contribution in [0.15, 0.2) is 79.8 Å². The van der Waals surface area contributed by atoms with E-state index in [0.717, 1.165) is 11.3 Å². The topological polar surface area (TPSA) is 56.8 Å². The molecule has 3 rings (SSSR count). The maximum Gasteiger partial charge on any atom is 0.265 e. The van der Waals surface area contributed by atoms with Crippen molar-refractivity contribution in [2.45, 2.75) is 6.61 Å². The molecule has 27 heavy (non-hydrogen) atoms. The highest BCUT2D eigenvalue weighted by atomic mass is 79.9. The van der Waals surface area contributed by atoms with Crippen molar-refractivity contribution in [3.8, 4) is 5.75 Å². The lowest BCUT2D eigenvalue weighted by Gasteiger charge is -2.19. The van der Waals surface area contributed by atoms with E-state index in [1.807, 2.05) is 52.5 Å². The lowest BCUT2D eigenvalue weighted by Crippen LogP contribution is -2.43. The predicted octanol–water partition coefficient (Wildman–Crippen LogP) is 3.23. The van der Waals surface area contributed by atoms with Crippen LogP contribution < -0.4 is 15.6 Å². The van der Waals surface area contributed by atoms with Gasteiger partial charge in [-0.2, -0.15) is 0 Å². The molecule has 0 radical (unpaired) electrons. The van der Waals surface area contributed by atoms with Crippen molar-refractivity contribution < 1.29 is 9.53 Å². The lowest BCUT2D eigenvalue weighted by molar-refractivity contribution is 0.0922. The van der Waals surface area contributed by atoms with E-state index in [9.17, 15) is 4.79 Å². The Morgan fingerprint density at radius 3 is 2.52 bits per heavy atom. The maximum absolute atomic E-state index is 12.2. The first-order valence-corrected chi connectivity index (χ1v) is 8.35. The fourth-order valence-corrected chi connectivity index (χ4v) is 2.44. The zero-order chi connectivity index (χ0) is 18.2. The van der Waals surface area contributed by atoms with Gasteiger partial charge >= 0.3 is 0 Å². The number of rotatable bonds is 8. The van der Waals surface area contributed by atoms with Crippen LogP contribution in [0.4, 0.5) is 0 Å². The summed E-state index contributed by atoms with van der Waals surface area (Å²) in [6, 6.07) is 17.0. The molecule has 0 aromatic heterocycles. The minimum atomic E-state index is -0.191. The molecule has 0 unspecified atom stereocenters. The zero-order valence-corrected chi connectivity index (χ0v) is 16.6. The highest BCUT2D eigenvalue weighted by molar-refractivity contribution is 8.93. The van der Waals surface area contributed by atoms with E-state index in [-0.39, 0.29) is 22.9 Å². The van der Waals surface area contributed by atoms with Gasteiger partial charge in [0, 0.05) is 18.0 Å². The lowest BCUT2D eigenvalue weighted by atomic mass is 10.2. The molecule has 0 saturated heterocycles. The second-order valence-electron chi connectivity index (χ2n) is 5.81. The Hall–Kier alpha value is -2.77. The Morgan fingerprint density at radius 1 is 1.11 bits per heavy atom. The molecular formula is C20H23BrN4O2. The van der Waals surface area contributed by atoms with Gasteiger partial charge in [0.1, 0.15) is 12.4 Å². The van der Waals surface area contributed by atoms with Crippen LogP contribution in [-0.4, -0.2) is 29.0 Å². The van der Waals surface area contributed by atoms with E-state index in [1.54, 1.807) is 30.5 Å². The Kier molecular flexibility index (Phi) is 7.91. The van der Waals surface area contributed by atoms with E-state index in [1.165, 1.54) is 0 Å². The monoisotopic (exact) mass is 430 g/mol. The number of hydrazine groups is 1. The third kappa shape index (κ3) is 6.16. The Bertz CT molecular complexity index is 765. The van der Waals surface area contributed by atoms with Gasteiger partial charge in [0.05, 0.1) is 13.3 Å². The van der Waals surface area contributed by atoms with Crippen molar-refractivity contribution in [2.24, 2.45) is 0 Å². The van der Waals surface area contributed by atoms with Crippen LogP contribution in [0.3, 0.4) is 0 Å². The molecule has 142 valence electrons. The van der Waals surface area contributed by atoms with Gasteiger partial charge in [-0.3, -0.25) is 10.2 Å². The van der Waals surface area contributed by atoms with Crippen molar-refractivity contribution in [1.29, 1.82) is 0 Å². The molecule has 6 nitrogen and oxygen atoms in total. The van der Waals surface area contributed by atoms with Gasteiger partial charge in [0.2, 0.25) is 0 Å². The quantitative estimate of drug-likeness (QED) is 0.629. The molecule has 1 aliphatic rings. The Labute approximate surface area is 169 Å². The molecule has 1 amide bonds. The molecule has 7 heteroatoms. The first kappa shape index (κ1) is 20.5. The van der Waals surface area contributed by atoms with Crippen LogP contribution in [-0.2, 0) is 6.61 Å². The fraction of sp³-hybridized carbons (Fsp3) is 0.150. The number of benzene rings is 2. The molecule has 0 spiro atoms. The average molecular weight is 431 g/mol. The van der Waals surface area contributed by atoms with E-state index in [4.69, 9.17) is 4.74 Å². The second-order valence-corrected chi connectivity index (χ2v) is 5.81. The summed E-state index contributed by atoms with van der Waals surface area (Å²) in [6.45, 7) is 5.42. The van der Waals surface area contributed by atoms with Crippen LogP contribution in [0.2, 0.25) is 0 Å². The summed E-state index contributed by atoms with van der Waals surface area (Å²) >= 11 is 0. The molecule has 2 N–H and O–H groups in total. The number of hydrogen-bond acceptors (Lipinski definition) is 5. The minimum Gasteiger partial charge on any atom is -0.489 e. The minimum absolute atomic E-state index is 0.